The highest BCUT2D eigenvalue weighted by atomic mass is 32.2. The van der Waals surface area contributed by atoms with Gasteiger partial charge in [-0.1, -0.05) is 12.8 Å². The van der Waals surface area contributed by atoms with E-state index in [9.17, 15) is 9.59 Å². The second-order valence-electron chi connectivity index (χ2n) is 6.88. The molecule has 0 bridgehead atoms. The van der Waals surface area contributed by atoms with Crippen molar-refractivity contribution in [1.29, 1.82) is 0 Å². The van der Waals surface area contributed by atoms with Crippen molar-refractivity contribution in [2.24, 2.45) is 5.92 Å². The van der Waals surface area contributed by atoms with Crippen molar-refractivity contribution >= 4 is 23.6 Å². The molecule has 2 aliphatic rings. The fourth-order valence-corrected chi connectivity index (χ4v) is 4.44. The molecule has 1 aliphatic carbocycles. The molecular formula is C20H28N2O3S. The lowest BCUT2D eigenvalue weighted by Gasteiger charge is -2.36. The molecule has 142 valence electrons. The fourth-order valence-electron chi connectivity index (χ4n) is 3.64. The summed E-state index contributed by atoms with van der Waals surface area (Å²) in [6.07, 6.45) is 4.43. The van der Waals surface area contributed by atoms with Crippen LogP contribution in [0.2, 0.25) is 0 Å². The van der Waals surface area contributed by atoms with Gasteiger partial charge in [0.15, 0.2) is 0 Å². The molecule has 0 radical (unpaired) electrons. The molecular weight excluding hydrogens is 348 g/mol. The first-order valence-electron chi connectivity index (χ1n) is 9.59. The Morgan fingerprint density at radius 3 is 2.27 bits per heavy atom. The van der Waals surface area contributed by atoms with Crippen LogP contribution in [0.25, 0.3) is 0 Å². The van der Waals surface area contributed by atoms with Crippen molar-refractivity contribution in [3.8, 4) is 5.75 Å². The number of carbonyl (C=O) groups is 2. The number of piperazine rings is 1. The number of amides is 2. The van der Waals surface area contributed by atoms with Crippen LogP contribution < -0.4 is 4.74 Å². The molecule has 1 aliphatic heterocycles. The van der Waals surface area contributed by atoms with Gasteiger partial charge >= 0.3 is 0 Å². The minimum Gasteiger partial charge on any atom is -0.494 e. The highest BCUT2D eigenvalue weighted by molar-refractivity contribution is 8.00. The first-order chi connectivity index (χ1) is 12.7. The molecule has 1 saturated carbocycles. The predicted molar refractivity (Wildman–Crippen MR) is 103 cm³/mol. The maximum Gasteiger partial charge on any atom is 0.233 e. The predicted octanol–water partition coefficient (Wildman–Crippen LogP) is 3.04. The minimum absolute atomic E-state index is 0.150. The Labute approximate surface area is 160 Å². The largest absolute Gasteiger partial charge is 0.494 e. The van der Waals surface area contributed by atoms with Crippen LogP contribution in [0.1, 0.15) is 32.6 Å². The van der Waals surface area contributed by atoms with E-state index in [1.165, 1.54) is 12.8 Å². The normalized spacial score (nSPS) is 18.2. The van der Waals surface area contributed by atoms with Crippen molar-refractivity contribution < 1.29 is 14.3 Å². The van der Waals surface area contributed by atoms with E-state index in [1.807, 2.05) is 41.0 Å². The second-order valence-corrected chi connectivity index (χ2v) is 7.93. The van der Waals surface area contributed by atoms with Gasteiger partial charge in [-0.2, -0.15) is 0 Å². The lowest BCUT2D eigenvalue weighted by atomic mass is 10.1. The van der Waals surface area contributed by atoms with E-state index >= 15 is 0 Å². The highest BCUT2D eigenvalue weighted by Gasteiger charge is 2.30. The molecule has 2 amide bonds. The van der Waals surface area contributed by atoms with Crippen molar-refractivity contribution in [3.63, 3.8) is 0 Å². The number of hydrogen-bond acceptors (Lipinski definition) is 4. The minimum atomic E-state index is 0.150. The van der Waals surface area contributed by atoms with Crippen LogP contribution in [0.15, 0.2) is 29.2 Å². The molecule has 26 heavy (non-hydrogen) atoms. The van der Waals surface area contributed by atoms with Gasteiger partial charge in [-0.3, -0.25) is 9.59 Å². The monoisotopic (exact) mass is 376 g/mol. The zero-order valence-electron chi connectivity index (χ0n) is 15.5. The van der Waals surface area contributed by atoms with E-state index in [0.717, 1.165) is 23.5 Å². The van der Waals surface area contributed by atoms with E-state index in [1.54, 1.807) is 11.8 Å². The van der Waals surface area contributed by atoms with Gasteiger partial charge in [0.05, 0.1) is 12.4 Å². The number of benzene rings is 1. The molecule has 5 nitrogen and oxygen atoms in total. The van der Waals surface area contributed by atoms with Gasteiger partial charge in [0.2, 0.25) is 11.8 Å². The van der Waals surface area contributed by atoms with E-state index in [2.05, 4.69) is 0 Å². The lowest BCUT2D eigenvalue weighted by molar-refractivity contribution is -0.141. The number of thioether (sulfide) groups is 1. The molecule has 2 fully saturated rings. The molecule has 0 unspecified atom stereocenters. The second kappa shape index (κ2) is 9.31. The van der Waals surface area contributed by atoms with Crippen molar-refractivity contribution in [2.75, 3.05) is 38.5 Å². The van der Waals surface area contributed by atoms with Crippen molar-refractivity contribution in [3.05, 3.63) is 24.3 Å². The van der Waals surface area contributed by atoms with Crippen LogP contribution in [-0.4, -0.2) is 60.2 Å². The Bertz CT molecular complexity index is 606. The maximum absolute atomic E-state index is 12.5. The molecule has 1 saturated heterocycles. The third-order valence-electron chi connectivity index (χ3n) is 5.15. The summed E-state index contributed by atoms with van der Waals surface area (Å²) in [6, 6.07) is 7.84. The Kier molecular flexibility index (Phi) is 6.83. The number of nitrogens with zero attached hydrogens (tertiary/aromatic N) is 2. The summed E-state index contributed by atoms with van der Waals surface area (Å²) >= 11 is 1.55. The van der Waals surface area contributed by atoms with Gasteiger partial charge in [-0.25, -0.2) is 0 Å². The molecule has 1 aromatic carbocycles. The Morgan fingerprint density at radius 2 is 1.65 bits per heavy atom. The average molecular weight is 377 g/mol. The SMILES string of the molecule is CCOc1ccc(SCC(=O)N2CCN(C(=O)C3CCCC3)CC2)cc1. The molecule has 6 heteroatoms. The van der Waals surface area contributed by atoms with Gasteiger partial charge in [0.1, 0.15) is 5.75 Å². The van der Waals surface area contributed by atoms with Crippen LogP contribution in [0.4, 0.5) is 0 Å². The van der Waals surface area contributed by atoms with Gasteiger partial charge in [0.25, 0.3) is 0 Å². The highest BCUT2D eigenvalue weighted by Crippen LogP contribution is 2.27. The molecule has 3 rings (SSSR count). The number of ether oxygens (including phenoxy) is 1. The van der Waals surface area contributed by atoms with Crippen LogP contribution in [0.5, 0.6) is 5.75 Å². The first kappa shape index (κ1) is 19.1. The summed E-state index contributed by atoms with van der Waals surface area (Å²) in [5, 5.41) is 0. The average Bonchev–Trinajstić information content (AvgIpc) is 3.22. The van der Waals surface area contributed by atoms with Crippen molar-refractivity contribution in [2.45, 2.75) is 37.5 Å². The third-order valence-corrected chi connectivity index (χ3v) is 6.14. The third kappa shape index (κ3) is 4.93. The Hall–Kier alpha value is -1.69. The molecule has 0 N–H and O–H groups in total. The van der Waals surface area contributed by atoms with E-state index in [0.29, 0.717) is 44.4 Å². The molecule has 0 aromatic heterocycles. The van der Waals surface area contributed by atoms with Crippen LogP contribution in [-0.2, 0) is 9.59 Å². The van der Waals surface area contributed by atoms with Crippen LogP contribution in [0, 0.1) is 5.92 Å². The summed E-state index contributed by atoms with van der Waals surface area (Å²) in [4.78, 5) is 29.8. The summed E-state index contributed by atoms with van der Waals surface area (Å²) in [5.41, 5.74) is 0. The Balaban J connectivity index is 1.41. The summed E-state index contributed by atoms with van der Waals surface area (Å²) < 4.78 is 5.43. The van der Waals surface area contributed by atoms with Gasteiger partial charge < -0.3 is 14.5 Å². The lowest BCUT2D eigenvalue weighted by Crippen LogP contribution is -2.52. The zero-order chi connectivity index (χ0) is 18.4. The molecule has 1 heterocycles. The van der Waals surface area contributed by atoms with Gasteiger partial charge in [-0.15, -0.1) is 11.8 Å². The smallest absolute Gasteiger partial charge is 0.233 e. The quantitative estimate of drug-likeness (QED) is 0.716. The molecule has 0 spiro atoms. The summed E-state index contributed by atoms with van der Waals surface area (Å²) in [5.74, 6) is 1.97. The van der Waals surface area contributed by atoms with E-state index in [-0.39, 0.29) is 11.8 Å². The molecule has 0 atom stereocenters. The van der Waals surface area contributed by atoms with Gasteiger partial charge in [-0.05, 0) is 44.0 Å². The zero-order valence-corrected chi connectivity index (χ0v) is 16.3. The van der Waals surface area contributed by atoms with Crippen LogP contribution >= 0.6 is 11.8 Å². The van der Waals surface area contributed by atoms with E-state index < -0.39 is 0 Å². The fraction of sp³-hybridized carbons (Fsp3) is 0.600. The van der Waals surface area contributed by atoms with Crippen molar-refractivity contribution in [1.82, 2.24) is 9.80 Å². The van der Waals surface area contributed by atoms with Crippen LogP contribution in [0.3, 0.4) is 0 Å². The number of carbonyl (C=O) groups excluding carboxylic acids is 2. The number of rotatable bonds is 6. The van der Waals surface area contributed by atoms with E-state index in [4.69, 9.17) is 4.74 Å². The standard InChI is InChI=1S/C20H28N2O3S/c1-2-25-17-7-9-18(10-8-17)26-15-19(23)21-11-13-22(14-12-21)20(24)16-5-3-4-6-16/h7-10,16H,2-6,11-15H2,1H3. The van der Waals surface area contributed by atoms with Gasteiger partial charge in [0, 0.05) is 37.0 Å². The first-order valence-corrected chi connectivity index (χ1v) is 10.6. The molecule has 1 aromatic rings. The summed E-state index contributed by atoms with van der Waals surface area (Å²) in [6.45, 7) is 5.27. The summed E-state index contributed by atoms with van der Waals surface area (Å²) in [7, 11) is 0. The Morgan fingerprint density at radius 1 is 1.04 bits per heavy atom. The number of hydrogen-bond donors (Lipinski definition) is 0. The topological polar surface area (TPSA) is 49.9 Å². The maximum atomic E-state index is 12.5.